The summed E-state index contributed by atoms with van der Waals surface area (Å²) < 4.78 is 0. The van der Waals surface area contributed by atoms with Crippen LogP contribution in [0.5, 0.6) is 5.75 Å². The van der Waals surface area contributed by atoms with E-state index in [1.165, 1.54) is 12.1 Å². The molecule has 6 N–H and O–H groups in total. The third-order valence-electron chi connectivity index (χ3n) is 12.3. The van der Waals surface area contributed by atoms with Gasteiger partial charge in [0, 0.05) is 12.8 Å². The number of fused-ring (bicyclic) bond motifs is 5. The molecular formula is C33H49NO7. The number of carbonyl (C=O) groups excluding carboxylic acids is 1. The molecule has 12 atom stereocenters. The largest absolute Gasteiger partial charge is 0.508 e. The lowest BCUT2D eigenvalue weighted by molar-refractivity contribution is -0.223. The summed E-state index contributed by atoms with van der Waals surface area (Å²) in [6.07, 6.45) is 5.47. The molecule has 0 saturated heterocycles. The minimum absolute atomic E-state index is 0.0254. The Labute approximate surface area is 243 Å². The number of phenolic OH excluding ortho intramolecular Hbond substituents is 1. The lowest BCUT2D eigenvalue weighted by Crippen LogP contribution is -2.64. The number of carboxylic acid groups (broad SMARTS) is 1. The molecule has 5 rings (SSSR count). The van der Waals surface area contributed by atoms with E-state index in [1.807, 2.05) is 0 Å². The Bertz CT molecular complexity index is 1110. The zero-order valence-corrected chi connectivity index (χ0v) is 24.7. The van der Waals surface area contributed by atoms with Crippen LogP contribution in [0.15, 0.2) is 24.3 Å². The summed E-state index contributed by atoms with van der Waals surface area (Å²) in [5.74, 6) is 0.0765. The van der Waals surface area contributed by atoms with E-state index in [0.29, 0.717) is 30.6 Å². The van der Waals surface area contributed by atoms with Crippen molar-refractivity contribution < 1.29 is 35.1 Å². The van der Waals surface area contributed by atoms with Gasteiger partial charge in [0.15, 0.2) is 0 Å². The van der Waals surface area contributed by atoms with Crippen molar-refractivity contribution in [2.24, 2.45) is 46.3 Å². The number of hydrogen-bond donors (Lipinski definition) is 6. The lowest BCUT2D eigenvalue weighted by Gasteiger charge is -2.63. The van der Waals surface area contributed by atoms with E-state index in [-0.39, 0.29) is 53.1 Å². The lowest BCUT2D eigenvalue weighted by atomic mass is 9.43. The van der Waals surface area contributed by atoms with E-state index in [0.717, 1.165) is 44.1 Å². The molecule has 4 fully saturated rings. The molecule has 228 valence electrons. The van der Waals surface area contributed by atoms with Crippen molar-refractivity contribution >= 4 is 11.9 Å². The van der Waals surface area contributed by atoms with E-state index in [2.05, 4.69) is 26.1 Å². The molecule has 0 unspecified atom stereocenters. The first-order valence-electron chi connectivity index (χ1n) is 15.7. The molecule has 8 nitrogen and oxygen atoms in total. The number of hydrogen-bond acceptors (Lipinski definition) is 6. The average molecular weight is 572 g/mol. The van der Waals surface area contributed by atoms with Crippen LogP contribution in [0.1, 0.15) is 84.1 Å². The van der Waals surface area contributed by atoms with E-state index in [9.17, 15) is 35.1 Å². The molecule has 41 heavy (non-hydrogen) atoms. The van der Waals surface area contributed by atoms with Gasteiger partial charge in [-0.05, 0) is 115 Å². The highest BCUT2D eigenvalue weighted by molar-refractivity contribution is 5.83. The summed E-state index contributed by atoms with van der Waals surface area (Å²) in [7, 11) is 0. The average Bonchev–Trinajstić information content (AvgIpc) is 3.29. The van der Waals surface area contributed by atoms with E-state index in [1.54, 1.807) is 12.1 Å². The molecule has 0 radical (unpaired) electrons. The van der Waals surface area contributed by atoms with Crippen LogP contribution in [-0.2, 0) is 16.0 Å². The standard InChI is InChI=1S/C33H49NO7/c1-18(4-11-27(37)34-26(31(40)41)16-19-5-7-20(35)8-6-19)22-9-10-23-28-24(13-15-32(22,23)2)33(3)14-12-21(36)17-25(33)29(38)30(28)39/h5-8,18,21-26,28-30,35-36,38-39H,4,9-17H2,1-3H3,(H,34,37)(H,40,41)/t18-,21-,22-,23+,24+,25+,26+,28+,29+,30+,32-,33-/m1/s1. The highest BCUT2D eigenvalue weighted by atomic mass is 16.4. The molecule has 4 saturated carbocycles. The van der Waals surface area contributed by atoms with Gasteiger partial charge in [-0.3, -0.25) is 4.79 Å². The second-order valence-electron chi connectivity index (χ2n) is 14.4. The number of carbonyl (C=O) groups is 2. The van der Waals surface area contributed by atoms with Crippen LogP contribution in [0.3, 0.4) is 0 Å². The summed E-state index contributed by atoms with van der Waals surface area (Å²) in [6, 6.07) is 5.30. The molecule has 4 aliphatic carbocycles. The summed E-state index contributed by atoms with van der Waals surface area (Å²) >= 11 is 0. The topological polar surface area (TPSA) is 147 Å². The van der Waals surface area contributed by atoms with Crippen molar-refractivity contribution in [3.63, 3.8) is 0 Å². The second-order valence-corrected chi connectivity index (χ2v) is 14.4. The molecule has 8 heteroatoms. The van der Waals surface area contributed by atoms with Crippen molar-refractivity contribution in [1.82, 2.24) is 5.32 Å². The molecule has 0 aliphatic heterocycles. The first-order chi connectivity index (χ1) is 19.3. The van der Waals surface area contributed by atoms with Gasteiger partial charge >= 0.3 is 5.97 Å². The molecule has 0 spiro atoms. The van der Waals surface area contributed by atoms with Crippen molar-refractivity contribution in [3.05, 3.63) is 29.8 Å². The maximum absolute atomic E-state index is 12.9. The third-order valence-corrected chi connectivity index (χ3v) is 12.3. The first kappa shape index (κ1) is 30.3. The van der Waals surface area contributed by atoms with Gasteiger partial charge in [-0.2, -0.15) is 0 Å². The smallest absolute Gasteiger partial charge is 0.326 e. The predicted molar refractivity (Wildman–Crippen MR) is 154 cm³/mol. The number of nitrogens with one attached hydrogen (secondary N) is 1. The Morgan fingerprint density at radius 1 is 0.927 bits per heavy atom. The number of benzene rings is 1. The van der Waals surface area contributed by atoms with Crippen LogP contribution in [-0.4, -0.2) is 61.8 Å². The maximum atomic E-state index is 12.9. The van der Waals surface area contributed by atoms with E-state index < -0.39 is 30.3 Å². The number of rotatable bonds is 8. The molecule has 0 aromatic heterocycles. The van der Waals surface area contributed by atoms with Gasteiger partial charge in [0.05, 0.1) is 18.3 Å². The minimum atomic E-state index is -1.08. The summed E-state index contributed by atoms with van der Waals surface area (Å²) in [5, 5.41) is 54.9. The van der Waals surface area contributed by atoms with Crippen molar-refractivity contribution in [2.45, 2.75) is 109 Å². The van der Waals surface area contributed by atoms with Gasteiger partial charge in [-0.15, -0.1) is 0 Å². The number of aliphatic carboxylic acids is 1. The van der Waals surface area contributed by atoms with Crippen LogP contribution in [0.2, 0.25) is 0 Å². The monoisotopic (exact) mass is 571 g/mol. The van der Waals surface area contributed by atoms with Gasteiger partial charge in [0.2, 0.25) is 5.91 Å². The molecule has 0 heterocycles. The van der Waals surface area contributed by atoms with Crippen LogP contribution < -0.4 is 5.32 Å². The minimum Gasteiger partial charge on any atom is -0.508 e. The SMILES string of the molecule is C[C@H](CCC(=O)N[C@@H](Cc1ccc(O)cc1)C(=O)O)[C@H]1CC[C@H]2[C@@H]3[C@H](O)[C@@H](O)[C@@H]4C[C@H](O)CC[C@]4(C)[C@H]3CC[C@]12C. The third kappa shape index (κ3) is 5.52. The summed E-state index contributed by atoms with van der Waals surface area (Å²) in [5.41, 5.74) is 0.688. The molecule has 1 amide bonds. The number of carboxylic acids is 1. The molecule has 1 aromatic carbocycles. The van der Waals surface area contributed by atoms with E-state index in [4.69, 9.17) is 0 Å². The number of amides is 1. The molecular weight excluding hydrogens is 522 g/mol. The zero-order valence-electron chi connectivity index (χ0n) is 24.7. The predicted octanol–water partition coefficient (Wildman–Crippen LogP) is 3.88. The Morgan fingerprint density at radius 2 is 1.59 bits per heavy atom. The van der Waals surface area contributed by atoms with Gasteiger partial charge in [0.1, 0.15) is 11.8 Å². The number of aromatic hydroxyl groups is 1. The summed E-state index contributed by atoms with van der Waals surface area (Å²) in [4.78, 5) is 24.7. The Morgan fingerprint density at radius 3 is 2.27 bits per heavy atom. The molecule has 1 aromatic rings. The number of aliphatic hydroxyl groups excluding tert-OH is 3. The van der Waals surface area contributed by atoms with Crippen molar-refractivity contribution in [2.75, 3.05) is 0 Å². The van der Waals surface area contributed by atoms with Gasteiger partial charge < -0.3 is 30.8 Å². The highest BCUT2D eigenvalue weighted by Crippen LogP contribution is 2.68. The fourth-order valence-corrected chi connectivity index (χ4v) is 10.1. The van der Waals surface area contributed by atoms with Crippen molar-refractivity contribution in [1.29, 1.82) is 0 Å². The van der Waals surface area contributed by atoms with Gasteiger partial charge in [-0.1, -0.05) is 32.9 Å². The highest BCUT2D eigenvalue weighted by Gasteiger charge is 2.65. The second kappa shape index (κ2) is 11.5. The van der Waals surface area contributed by atoms with Crippen LogP contribution in [0, 0.1) is 46.3 Å². The van der Waals surface area contributed by atoms with Gasteiger partial charge in [-0.25, -0.2) is 4.79 Å². The fourth-order valence-electron chi connectivity index (χ4n) is 10.1. The summed E-state index contributed by atoms with van der Waals surface area (Å²) in [6.45, 7) is 6.85. The fraction of sp³-hybridized carbons (Fsp3) is 0.758. The maximum Gasteiger partial charge on any atom is 0.326 e. The van der Waals surface area contributed by atoms with E-state index >= 15 is 0 Å². The van der Waals surface area contributed by atoms with Crippen LogP contribution in [0.25, 0.3) is 0 Å². The Kier molecular flexibility index (Phi) is 8.50. The molecule has 0 bridgehead atoms. The van der Waals surface area contributed by atoms with Crippen LogP contribution in [0.4, 0.5) is 0 Å². The van der Waals surface area contributed by atoms with Gasteiger partial charge in [0.25, 0.3) is 0 Å². The normalized spacial score (nSPS) is 41.4. The van der Waals surface area contributed by atoms with Crippen molar-refractivity contribution in [3.8, 4) is 5.75 Å². The molecule has 4 aliphatic rings. The Hall–Kier alpha value is -2.16. The van der Waals surface area contributed by atoms with Crippen LogP contribution >= 0.6 is 0 Å². The Balaban J connectivity index is 1.21. The quantitative estimate of drug-likeness (QED) is 0.277. The number of aliphatic hydroxyl groups is 3. The first-order valence-corrected chi connectivity index (χ1v) is 15.7. The number of phenols is 1. The zero-order chi connectivity index (χ0) is 29.7.